The fourth-order valence-corrected chi connectivity index (χ4v) is 2.13. The molecular weight excluding hydrogens is 334 g/mol. The highest BCUT2D eigenvalue weighted by Crippen LogP contribution is 2.10. The molecule has 1 heterocycles. The van der Waals surface area contributed by atoms with E-state index in [1.54, 1.807) is 31.0 Å². The van der Waals surface area contributed by atoms with Gasteiger partial charge < -0.3 is 0 Å². The van der Waals surface area contributed by atoms with Crippen molar-refractivity contribution < 1.29 is 4.79 Å². The Hall–Kier alpha value is -1.65. The van der Waals surface area contributed by atoms with Crippen LogP contribution in [0.2, 0.25) is 0 Å². The smallest absolute Gasteiger partial charge is 0.176 e. The number of aliphatic imine (C=N–C) groups is 1. The fraction of sp³-hybridized carbons (Fsp3) is 0.300. The third-order valence-corrected chi connectivity index (χ3v) is 4.25. The summed E-state index contributed by atoms with van der Waals surface area (Å²) in [5.41, 5.74) is 1.07. The monoisotopic (exact) mass is 363 g/mol. The minimum Gasteiger partial charge on any atom is -0.293 e. The lowest BCUT2D eigenvalue weighted by molar-refractivity contribution is 0.1000. The zero-order valence-corrected chi connectivity index (χ0v) is 17.0. The zero-order valence-electron chi connectivity index (χ0n) is 15.4. The van der Waals surface area contributed by atoms with Gasteiger partial charge in [-0.1, -0.05) is 36.9 Å². The van der Waals surface area contributed by atoms with Gasteiger partial charge in [-0.05, 0) is 49.5 Å². The molecule has 0 aliphatic heterocycles. The largest absolute Gasteiger partial charge is 0.293 e. The molecule has 2 nitrogen and oxygen atoms in total. The maximum atomic E-state index is 11.0. The first-order valence-electron chi connectivity index (χ1n) is 7.53. The van der Waals surface area contributed by atoms with Crippen LogP contribution in [0.3, 0.4) is 0 Å². The summed E-state index contributed by atoms with van der Waals surface area (Å²) in [6.45, 7) is 13.1. The minimum atomic E-state index is 0.157. The van der Waals surface area contributed by atoms with E-state index in [0.29, 0.717) is 6.42 Å². The highest BCUT2D eigenvalue weighted by molar-refractivity contribution is 8.02. The third kappa shape index (κ3) is 15.3. The Morgan fingerprint density at radius 3 is 2.33 bits per heavy atom. The van der Waals surface area contributed by atoms with Gasteiger partial charge in [0.2, 0.25) is 0 Å². The molecule has 1 aromatic heterocycles. The summed E-state index contributed by atoms with van der Waals surface area (Å²) in [5.74, 6) is 0.157. The molecule has 4 heteroatoms. The van der Waals surface area contributed by atoms with E-state index in [9.17, 15) is 4.79 Å². The van der Waals surface area contributed by atoms with Gasteiger partial charge in [-0.2, -0.15) is 0 Å². The number of allylic oxidation sites excluding steroid dienone is 6. The van der Waals surface area contributed by atoms with E-state index in [2.05, 4.69) is 31.3 Å². The van der Waals surface area contributed by atoms with Gasteiger partial charge in [0.15, 0.2) is 5.78 Å². The van der Waals surface area contributed by atoms with Gasteiger partial charge in [0.25, 0.3) is 0 Å². The third-order valence-electron chi connectivity index (χ3n) is 2.56. The highest BCUT2D eigenvalue weighted by atomic mass is 32.2. The molecule has 0 saturated carbocycles. The van der Waals surface area contributed by atoms with Crippen LogP contribution in [0.1, 0.15) is 36.9 Å². The van der Waals surface area contributed by atoms with Crippen LogP contribution in [0.5, 0.6) is 0 Å². The average Bonchev–Trinajstić information content (AvgIpc) is 3.11. The summed E-state index contributed by atoms with van der Waals surface area (Å²) in [7, 11) is 1.79. The molecule has 0 bridgehead atoms. The predicted octanol–water partition coefficient (Wildman–Crippen LogP) is 6.60. The Balaban J connectivity index is 0. The first-order valence-corrected chi connectivity index (χ1v) is 9.64. The van der Waals surface area contributed by atoms with E-state index in [4.69, 9.17) is 0 Å². The number of ketones is 1. The second-order valence-electron chi connectivity index (χ2n) is 4.48. The van der Waals surface area contributed by atoms with Gasteiger partial charge in [-0.15, -0.1) is 29.7 Å². The molecule has 0 aliphatic rings. The second-order valence-corrected chi connectivity index (χ2v) is 6.48. The van der Waals surface area contributed by atoms with Gasteiger partial charge in [0.1, 0.15) is 0 Å². The maximum Gasteiger partial charge on any atom is 0.176 e. The van der Waals surface area contributed by atoms with Gasteiger partial charge in [-0.25, -0.2) is 0 Å². The van der Waals surface area contributed by atoms with Crippen LogP contribution < -0.4 is 0 Å². The lowest BCUT2D eigenvalue weighted by atomic mass is 10.2. The fourth-order valence-electron chi connectivity index (χ4n) is 1.22. The van der Waals surface area contributed by atoms with Crippen LogP contribution in [0, 0.1) is 0 Å². The number of thioether (sulfide) groups is 1. The SMILES string of the molecule is C/C=C/C(C)=NC.C=C/C=C(/C)SC.C=CCC(=O)c1cccs1. The van der Waals surface area contributed by atoms with Crippen LogP contribution in [0.15, 0.2) is 70.9 Å². The van der Waals surface area contributed by atoms with Crippen molar-refractivity contribution in [3.8, 4) is 0 Å². The first kappa shape index (κ1) is 24.6. The highest BCUT2D eigenvalue weighted by Gasteiger charge is 2.02. The molecule has 0 amide bonds. The van der Waals surface area contributed by atoms with Gasteiger partial charge in [-0.3, -0.25) is 9.79 Å². The molecule has 0 aliphatic carbocycles. The van der Waals surface area contributed by atoms with Crippen molar-refractivity contribution >= 4 is 34.6 Å². The summed E-state index contributed by atoms with van der Waals surface area (Å²) in [6, 6.07) is 3.71. The van der Waals surface area contributed by atoms with E-state index in [0.717, 1.165) is 10.6 Å². The van der Waals surface area contributed by atoms with Crippen molar-refractivity contribution in [3.05, 3.63) is 70.8 Å². The standard InChI is InChI=1S/C8H8OS.C6H11N.C6H10S/c1-2-4-7(9)8-5-3-6-10-8;2*1-4-5-6(2)7-3/h2-3,5-6H,1,4H2;4-5H,1-3H3;4-5H,1H2,2-3H3/b;5-4+,7-6?;6-5-. The topological polar surface area (TPSA) is 29.4 Å². The summed E-state index contributed by atoms with van der Waals surface area (Å²) in [6.07, 6.45) is 11.9. The normalized spacial score (nSPS) is 11.0. The second kappa shape index (κ2) is 17.7. The summed E-state index contributed by atoms with van der Waals surface area (Å²) < 4.78 is 0. The molecule has 1 rings (SSSR count). The summed E-state index contributed by atoms with van der Waals surface area (Å²) in [5, 5.41) is 1.90. The lowest BCUT2D eigenvalue weighted by Crippen LogP contribution is -1.91. The molecule has 0 aromatic carbocycles. The Labute approximate surface area is 155 Å². The van der Waals surface area contributed by atoms with Crippen molar-refractivity contribution in [2.75, 3.05) is 13.3 Å². The van der Waals surface area contributed by atoms with Crippen LogP contribution in [-0.4, -0.2) is 24.8 Å². The Bertz CT molecular complexity index is 552. The Morgan fingerprint density at radius 2 is 2.04 bits per heavy atom. The average molecular weight is 364 g/mol. The Morgan fingerprint density at radius 1 is 1.38 bits per heavy atom. The number of Topliss-reactive ketones (excluding diaryl/α,β-unsaturated/α-hetero) is 1. The molecule has 0 spiro atoms. The molecule has 132 valence electrons. The molecule has 24 heavy (non-hydrogen) atoms. The number of nitrogens with zero attached hydrogens (tertiary/aromatic N) is 1. The van der Waals surface area contributed by atoms with Crippen LogP contribution in [0.4, 0.5) is 0 Å². The summed E-state index contributed by atoms with van der Waals surface area (Å²) in [4.78, 5) is 17.1. The number of thiophene rings is 1. The number of carbonyl (C=O) groups is 1. The molecule has 0 radical (unpaired) electrons. The van der Waals surface area contributed by atoms with E-state index in [1.807, 2.05) is 49.6 Å². The molecule has 0 saturated heterocycles. The molecule has 0 N–H and O–H groups in total. The number of rotatable bonds is 6. The molecule has 0 atom stereocenters. The van der Waals surface area contributed by atoms with Crippen molar-refractivity contribution in [1.82, 2.24) is 0 Å². The number of carbonyl (C=O) groups excluding carboxylic acids is 1. The zero-order chi connectivity index (χ0) is 18.8. The number of hydrogen-bond donors (Lipinski definition) is 0. The van der Waals surface area contributed by atoms with E-state index in [-0.39, 0.29) is 5.78 Å². The van der Waals surface area contributed by atoms with E-state index in [1.165, 1.54) is 16.2 Å². The van der Waals surface area contributed by atoms with Crippen molar-refractivity contribution in [2.24, 2.45) is 4.99 Å². The molecule has 0 fully saturated rings. The van der Waals surface area contributed by atoms with Crippen molar-refractivity contribution in [1.29, 1.82) is 0 Å². The summed E-state index contributed by atoms with van der Waals surface area (Å²) >= 11 is 3.21. The van der Waals surface area contributed by atoms with Gasteiger partial charge in [0.05, 0.1) is 4.88 Å². The first-order chi connectivity index (χ1) is 11.5. The van der Waals surface area contributed by atoms with Crippen molar-refractivity contribution in [3.63, 3.8) is 0 Å². The molecule has 1 aromatic rings. The lowest BCUT2D eigenvalue weighted by Gasteiger charge is -1.87. The minimum absolute atomic E-state index is 0.157. The van der Waals surface area contributed by atoms with Gasteiger partial charge in [0, 0.05) is 19.2 Å². The quantitative estimate of drug-likeness (QED) is 0.247. The predicted molar refractivity (Wildman–Crippen MR) is 115 cm³/mol. The van der Waals surface area contributed by atoms with Crippen LogP contribution >= 0.6 is 23.1 Å². The van der Waals surface area contributed by atoms with E-state index < -0.39 is 0 Å². The van der Waals surface area contributed by atoms with E-state index >= 15 is 0 Å². The van der Waals surface area contributed by atoms with Crippen LogP contribution in [-0.2, 0) is 0 Å². The van der Waals surface area contributed by atoms with Crippen molar-refractivity contribution in [2.45, 2.75) is 27.2 Å². The van der Waals surface area contributed by atoms with Crippen LogP contribution in [0.25, 0.3) is 0 Å². The number of hydrogen-bond acceptors (Lipinski definition) is 4. The van der Waals surface area contributed by atoms with Gasteiger partial charge >= 0.3 is 0 Å². The molecule has 0 unspecified atom stereocenters. The Kier molecular flexibility index (Phi) is 18.1. The maximum absolute atomic E-state index is 11.0. The molecular formula is C20H29NOS2.